The van der Waals surface area contributed by atoms with E-state index in [0.29, 0.717) is 0 Å². The molecule has 0 heterocycles. The molecule has 0 rings (SSSR count). The average molecular weight is 431 g/mol. The van der Waals surface area contributed by atoms with Gasteiger partial charge in [-0.3, -0.25) is 4.55 Å². The Bertz CT molecular complexity index is 290. The van der Waals surface area contributed by atoms with Crippen LogP contribution in [0.15, 0.2) is 0 Å². The number of rotatable bonds is 6. The van der Waals surface area contributed by atoms with Crippen molar-refractivity contribution in [1.29, 1.82) is 0 Å². The van der Waals surface area contributed by atoms with E-state index in [9.17, 15) is 13.2 Å². The summed E-state index contributed by atoms with van der Waals surface area (Å²) < 4.78 is 57.5. The van der Waals surface area contributed by atoms with Crippen LogP contribution in [0, 0.1) is 0 Å². The standard InChI is InChI=1S/3C3H10N2.CHF3O3S.Co/c3*4-2-1-3-5;2-1(3,4)8(5,6)7;/h3*1-5H2;(H,5,6,7);. The van der Waals surface area contributed by atoms with Gasteiger partial charge in [0.15, 0.2) is 0 Å². The minimum absolute atomic E-state index is 0. The van der Waals surface area contributed by atoms with Crippen molar-refractivity contribution in [3.63, 3.8) is 0 Å². The van der Waals surface area contributed by atoms with E-state index in [1.807, 2.05) is 0 Å². The maximum Gasteiger partial charge on any atom is 0.522 e. The third-order valence-corrected chi connectivity index (χ3v) is 2.10. The molecule has 0 unspecified atom stereocenters. The molecule has 155 valence electrons. The van der Waals surface area contributed by atoms with Crippen molar-refractivity contribution in [3.05, 3.63) is 0 Å². The van der Waals surface area contributed by atoms with Crippen molar-refractivity contribution in [2.45, 2.75) is 24.8 Å². The van der Waals surface area contributed by atoms with Crippen LogP contribution in [0.1, 0.15) is 19.3 Å². The largest absolute Gasteiger partial charge is 0.522 e. The molecule has 0 aromatic carbocycles. The van der Waals surface area contributed by atoms with E-state index in [2.05, 4.69) is 0 Å². The second-order valence-electron chi connectivity index (χ2n) is 3.71. The number of hydrogen-bond donors (Lipinski definition) is 7. The Balaban J connectivity index is -0.0000000677. The van der Waals surface area contributed by atoms with Crippen molar-refractivity contribution < 1.29 is 42.9 Å². The fraction of sp³-hybridized carbons (Fsp3) is 1.00. The first-order valence-electron chi connectivity index (χ1n) is 6.74. The van der Waals surface area contributed by atoms with Gasteiger partial charge in [-0.05, 0) is 58.5 Å². The van der Waals surface area contributed by atoms with Crippen LogP contribution in [0.5, 0.6) is 0 Å². The van der Waals surface area contributed by atoms with E-state index in [0.717, 1.165) is 58.5 Å². The molecule has 24 heavy (non-hydrogen) atoms. The molecular formula is C10H31CoF3N6O3S. The molecule has 0 amide bonds. The van der Waals surface area contributed by atoms with Gasteiger partial charge in [0.1, 0.15) is 0 Å². The summed E-state index contributed by atoms with van der Waals surface area (Å²) in [5.41, 5.74) is 24.8. The fourth-order valence-corrected chi connectivity index (χ4v) is 0.354. The Labute approximate surface area is 152 Å². The summed E-state index contributed by atoms with van der Waals surface area (Å²) in [6, 6.07) is 0. The smallest absolute Gasteiger partial charge is 0.330 e. The fourth-order valence-electron chi connectivity index (χ4n) is 0.354. The van der Waals surface area contributed by atoms with Gasteiger partial charge in [0, 0.05) is 16.8 Å². The monoisotopic (exact) mass is 431 g/mol. The van der Waals surface area contributed by atoms with Crippen molar-refractivity contribution >= 4 is 10.1 Å². The van der Waals surface area contributed by atoms with Crippen LogP contribution >= 0.6 is 0 Å². The van der Waals surface area contributed by atoms with Gasteiger partial charge in [-0.25, -0.2) is 0 Å². The molecule has 0 aliphatic heterocycles. The summed E-state index contributed by atoms with van der Waals surface area (Å²) >= 11 is 0. The zero-order chi connectivity index (χ0) is 19.4. The Morgan fingerprint density at radius 2 is 0.792 bits per heavy atom. The Kier molecular flexibility index (Phi) is 36.9. The van der Waals surface area contributed by atoms with Crippen LogP contribution < -0.4 is 34.4 Å². The predicted molar refractivity (Wildman–Crippen MR) is 85.8 cm³/mol. The van der Waals surface area contributed by atoms with Gasteiger partial charge in [0.05, 0.1) is 0 Å². The zero-order valence-electron chi connectivity index (χ0n) is 13.5. The minimum atomic E-state index is -5.84. The Morgan fingerprint density at radius 3 is 0.792 bits per heavy atom. The van der Waals surface area contributed by atoms with Crippen LogP contribution in [-0.4, -0.2) is 57.7 Å². The predicted octanol–water partition coefficient (Wildman–Crippen LogP) is -1.73. The maximum atomic E-state index is 10.7. The molecule has 0 bridgehead atoms. The van der Waals surface area contributed by atoms with Crippen molar-refractivity contribution in [2.75, 3.05) is 39.3 Å². The van der Waals surface area contributed by atoms with E-state index in [4.69, 9.17) is 47.4 Å². The van der Waals surface area contributed by atoms with E-state index in [1.165, 1.54) is 0 Å². The summed E-state index contributed by atoms with van der Waals surface area (Å²) in [6.45, 7) is 4.31. The van der Waals surface area contributed by atoms with Gasteiger partial charge < -0.3 is 34.4 Å². The van der Waals surface area contributed by atoms with Gasteiger partial charge >= 0.3 is 15.6 Å². The molecule has 0 saturated heterocycles. The average Bonchev–Trinajstić information content (AvgIpc) is 2.41. The molecule has 14 heteroatoms. The van der Waals surface area contributed by atoms with Crippen LogP contribution in [0.3, 0.4) is 0 Å². The van der Waals surface area contributed by atoms with E-state index in [-0.39, 0.29) is 16.8 Å². The van der Waals surface area contributed by atoms with Gasteiger partial charge in [-0.2, -0.15) is 21.6 Å². The van der Waals surface area contributed by atoms with Crippen molar-refractivity contribution in [3.8, 4) is 0 Å². The second kappa shape index (κ2) is 25.2. The van der Waals surface area contributed by atoms with E-state index >= 15 is 0 Å². The molecule has 0 aromatic rings. The van der Waals surface area contributed by atoms with Gasteiger partial charge in [0.2, 0.25) is 0 Å². The number of halogens is 3. The molecular weight excluding hydrogens is 400 g/mol. The Hall–Kier alpha value is -0.0335. The molecule has 13 N–H and O–H groups in total. The third kappa shape index (κ3) is 43.1. The SMILES string of the molecule is NCCCN.NCCCN.NCCCN.O=S(=O)(O)C(F)(F)F.[Co]. The van der Waals surface area contributed by atoms with E-state index in [1.54, 1.807) is 0 Å². The van der Waals surface area contributed by atoms with Crippen LogP contribution in [0.2, 0.25) is 0 Å². The first-order valence-corrected chi connectivity index (χ1v) is 8.18. The topological polar surface area (TPSA) is 210 Å². The summed E-state index contributed by atoms with van der Waals surface area (Å²) in [5, 5.41) is 0. The minimum Gasteiger partial charge on any atom is -0.330 e. The van der Waals surface area contributed by atoms with Crippen molar-refractivity contribution in [2.24, 2.45) is 34.4 Å². The summed E-state index contributed by atoms with van der Waals surface area (Å²) in [5.74, 6) is 0. The molecule has 0 fully saturated rings. The molecule has 0 saturated carbocycles. The summed E-state index contributed by atoms with van der Waals surface area (Å²) in [6.07, 6.45) is 2.83. The van der Waals surface area contributed by atoms with Crippen LogP contribution in [0.25, 0.3) is 0 Å². The number of hydrogen-bond acceptors (Lipinski definition) is 8. The maximum absolute atomic E-state index is 10.7. The quantitative estimate of drug-likeness (QED) is 0.188. The van der Waals surface area contributed by atoms with Gasteiger partial charge in [-0.1, -0.05) is 0 Å². The third-order valence-electron chi connectivity index (χ3n) is 1.52. The summed E-state index contributed by atoms with van der Waals surface area (Å²) in [7, 11) is -5.84. The van der Waals surface area contributed by atoms with Crippen LogP contribution in [0.4, 0.5) is 13.2 Å². The van der Waals surface area contributed by atoms with E-state index < -0.39 is 15.6 Å². The molecule has 0 spiro atoms. The first-order chi connectivity index (χ1) is 10.5. The van der Waals surface area contributed by atoms with Gasteiger partial charge in [-0.15, -0.1) is 0 Å². The molecule has 0 aliphatic carbocycles. The Morgan fingerprint density at radius 1 is 0.667 bits per heavy atom. The second-order valence-corrected chi connectivity index (χ2v) is 5.13. The van der Waals surface area contributed by atoms with Gasteiger partial charge in [0.25, 0.3) is 0 Å². The number of alkyl halides is 3. The molecule has 1 radical (unpaired) electrons. The van der Waals surface area contributed by atoms with Crippen molar-refractivity contribution in [1.82, 2.24) is 0 Å². The normalized spacial score (nSPS) is 9.92. The number of nitrogens with two attached hydrogens (primary N) is 6. The molecule has 0 atom stereocenters. The summed E-state index contributed by atoms with van der Waals surface area (Å²) in [4.78, 5) is 0. The first kappa shape index (κ1) is 35.1. The molecule has 0 aromatic heterocycles. The zero-order valence-corrected chi connectivity index (χ0v) is 15.3. The molecule has 0 aliphatic rings. The van der Waals surface area contributed by atoms with Crippen LogP contribution in [-0.2, 0) is 26.9 Å². The molecule has 9 nitrogen and oxygen atoms in total.